The fourth-order valence-electron chi connectivity index (χ4n) is 3.19. The van der Waals surface area contributed by atoms with Crippen LogP contribution >= 0.6 is 0 Å². The van der Waals surface area contributed by atoms with Gasteiger partial charge in [0, 0.05) is 11.9 Å². The second kappa shape index (κ2) is 5.56. The molecule has 0 atom stereocenters. The Labute approximate surface area is 143 Å². The number of fused-ring (bicyclic) bond motifs is 3. The number of hydroxylamine groups is 1. The number of halogens is 1. The lowest BCUT2D eigenvalue weighted by atomic mass is 9.98. The first-order chi connectivity index (χ1) is 12.1. The summed E-state index contributed by atoms with van der Waals surface area (Å²) in [4.78, 5) is 4.31. The summed E-state index contributed by atoms with van der Waals surface area (Å²) in [5.41, 5.74) is 2.90. The molecule has 0 fully saturated rings. The summed E-state index contributed by atoms with van der Waals surface area (Å²) in [6.45, 7) is 1.88. The van der Waals surface area contributed by atoms with Crippen molar-refractivity contribution in [1.82, 2.24) is 9.55 Å². The van der Waals surface area contributed by atoms with Crippen molar-refractivity contribution in [2.24, 2.45) is 0 Å². The maximum Gasteiger partial charge on any atom is 0.231 e. The second-order valence-corrected chi connectivity index (χ2v) is 5.86. The van der Waals surface area contributed by atoms with Gasteiger partial charge in [0.25, 0.3) is 0 Å². The number of nitriles is 1. The zero-order valence-electron chi connectivity index (χ0n) is 13.4. The Balaban J connectivity index is 2.10. The highest BCUT2D eigenvalue weighted by Crippen LogP contribution is 2.27. The van der Waals surface area contributed by atoms with Gasteiger partial charge in [0.1, 0.15) is 5.82 Å². The van der Waals surface area contributed by atoms with Crippen LogP contribution < -0.4 is 0 Å². The fourth-order valence-corrected chi connectivity index (χ4v) is 3.19. The van der Waals surface area contributed by atoms with Gasteiger partial charge in [0.2, 0.25) is 12.3 Å². The SMILES string of the molecule is Cc1cnc2n1-c1ccc(C#N)cc1C(c1ccccc1F)=[N+]([O-])C2. The number of rotatable bonds is 1. The third kappa shape index (κ3) is 2.29. The first-order valence-electron chi connectivity index (χ1n) is 7.75. The Morgan fingerprint density at radius 3 is 2.80 bits per heavy atom. The minimum Gasteiger partial charge on any atom is -0.623 e. The molecule has 0 amide bonds. The lowest BCUT2D eigenvalue weighted by molar-refractivity contribution is -0.475. The van der Waals surface area contributed by atoms with Gasteiger partial charge in [-0.2, -0.15) is 10.0 Å². The van der Waals surface area contributed by atoms with Crippen LogP contribution in [0.15, 0.2) is 48.7 Å². The smallest absolute Gasteiger partial charge is 0.231 e. The van der Waals surface area contributed by atoms with Crippen molar-refractivity contribution in [3.63, 3.8) is 0 Å². The van der Waals surface area contributed by atoms with Crippen molar-refractivity contribution >= 4 is 5.71 Å². The summed E-state index contributed by atoms with van der Waals surface area (Å²) in [7, 11) is 0. The molecule has 1 aliphatic heterocycles. The van der Waals surface area contributed by atoms with E-state index in [0.717, 1.165) is 10.4 Å². The molecular formula is C19H13FN4O. The van der Waals surface area contributed by atoms with Crippen molar-refractivity contribution in [3.05, 3.63) is 87.9 Å². The third-order valence-electron chi connectivity index (χ3n) is 4.30. The van der Waals surface area contributed by atoms with E-state index in [1.807, 2.05) is 11.5 Å². The summed E-state index contributed by atoms with van der Waals surface area (Å²) in [5.74, 6) is 0.0905. The van der Waals surface area contributed by atoms with Crippen LogP contribution in [0.4, 0.5) is 4.39 Å². The van der Waals surface area contributed by atoms with Gasteiger partial charge in [-0.1, -0.05) is 12.1 Å². The van der Waals surface area contributed by atoms with Crippen molar-refractivity contribution in [1.29, 1.82) is 5.26 Å². The van der Waals surface area contributed by atoms with Crippen LogP contribution in [-0.2, 0) is 6.54 Å². The van der Waals surface area contributed by atoms with Gasteiger partial charge in [-0.05, 0) is 37.3 Å². The average Bonchev–Trinajstić information content (AvgIpc) is 2.91. The highest BCUT2D eigenvalue weighted by atomic mass is 19.1. The lowest BCUT2D eigenvalue weighted by Crippen LogP contribution is -2.19. The van der Waals surface area contributed by atoms with Crippen LogP contribution in [-0.4, -0.2) is 20.0 Å². The molecule has 0 bridgehead atoms. The zero-order valence-corrected chi connectivity index (χ0v) is 13.4. The molecule has 1 aliphatic rings. The number of hydrogen-bond donors (Lipinski definition) is 0. The fraction of sp³-hybridized carbons (Fsp3) is 0.105. The monoisotopic (exact) mass is 332 g/mol. The highest BCUT2D eigenvalue weighted by molar-refractivity contribution is 6.12. The Bertz CT molecular complexity index is 1080. The van der Waals surface area contributed by atoms with Crippen LogP contribution in [0.25, 0.3) is 5.69 Å². The molecule has 0 N–H and O–H groups in total. The van der Waals surface area contributed by atoms with Crippen LogP contribution in [0, 0.1) is 29.3 Å². The standard InChI is InChI=1S/C19H13FN4O/c1-12-10-22-18-11-23(25)19(14-4-2-3-5-16(14)20)15-8-13(9-21)6-7-17(15)24(12)18/h2-8,10H,11H2,1H3. The van der Waals surface area contributed by atoms with Gasteiger partial charge in [-0.25, -0.2) is 9.37 Å². The number of aryl methyl sites for hydroxylation is 1. The molecular weight excluding hydrogens is 319 g/mol. The molecule has 2 heterocycles. The third-order valence-corrected chi connectivity index (χ3v) is 4.30. The second-order valence-electron chi connectivity index (χ2n) is 5.86. The van der Waals surface area contributed by atoms with E-state index >= 15 is 0 Å². The molecule has 0 aliphatic carbocycles. The molecule has 0 radical (unpaired) electrons. The minimum absolute atomic E-state index is 0.00588. The number of imidazole rings is 1. The van der Waals surface area contributed by atoms with E-state index in [0.29, 0.717) is 22.6 Å². The Morgan fingerprint density at radius 2 is 2.04 bits per heavy atom. The van der Waals surface area contributed by atoms with Crippen molar-refractivity contribution in [2.75, 3.05) is 0 Å². The molecule has 6 heteroatoms. The molecule has 25 heavy (non-hydrogen) atoms. The van der Waals surface area contributed by atoms with Gasteiger partial charge < -0.3 is 5.21 Å². The van der Waals surface area contributed by atoms with Gasteiger partial charge in [-0.15, -0.1) is 0 Å². The van der Waals surface area contributed by atoms with E-state index in [1.165, 1.54) is 6.07 Å². The molecule has 4 rings (SSSR count). The molecule has 0 spiro atoms. The maximum absolute atomic E-state index is 14.4. The summed E-state index contributed by atoms with van der Waals surface area (Å²) < 4.78 is 17.0. The van der Waals surface area contributed by atoms with Gasteiger partial charge in [0.15, 0.2) is 5.82 Å². The zero-order chi connectivity index (χ0) is 17.6. The lowest BCUT2D eigenvalue weighted by Gasteiger charge is -2.12. The molecule has 5 nitrogen and oxygen atoms in total. The summed E-state index contributed by atoms with van der Waals surface area (Å²) in [6, 6.07) is 13.3. The minimum atomic E-state index is -0.483. The van der Waals surface area contributed by atoms with Crippen LogP contribution in [0.2, 0.25) is 0 Å². The topological polar surface area (TPSA) is 67.7 Å². The van der Waals surface area contributed by atoms with E-state index in [9.17, 15) is 14.9 Å². The number of nitrogens with zero attached hydrogens (tertiary/aromatic N) is 4. The van der Waals surface area contributed by atoms with E-state index < -0.39 is 5.82 Å². The maximum atomic E-state index is 14.4. The molecule has 0 saturated heterocycles. The Kier molecular flexibility index (Phi) is 3.36. The molecule has 122 valence electrons. The number of benzene rings is 2. The predicted molar refractivity (Wildman–Crippen MR) is 90.0 cm³/mol. The summed E-state index contributed by atoms with van der Waals surface area (Å²) >= 11 is 0. The van der Waals surface area contributed by atoms with Crippen molar-refractivity contribution in [2.45, 2.75) is 13.5 Å². The van der Waals surface area contributed by atoms with Gasteiger partial charge >= 0.3 is 0 Å². The number of hydrogen-bond acceptors (Lipinski definition) is 3. The normalized spacial score (nSPS) is 13.0. The first-order valence-corrected chi connectivity index (χ1v) is 7.75. The van der Waals surface area contributed by atoms with Crippen molar-refractivity contribution in [3.8, 4) is 11.8 Å². The Hall–Kier alpha value is -3.46. The molecule has 2 aromatic carbocycles. The number of aromatic nitrogens is 2. The van der Waals surface area contributed by atoms with Crippen LogP contribution in [0.3, 0.4) is 0 Å². The molecule has 0 saturated carbocycles. The Morgan fingerprint density at radius 1 is 1.24 bits per heavy atom. The van der Waals surface area contributed by atoms with Gasteiger partial charge in [-0.3, -0.25) is 4.57 Å². The van der Waals surface area contributed by atoms with E-state index in [4.69, 9.17) is 0 Å². The molecule has 1 aromatic heterocycles. The summed E-state index contributed by atoms with van der Waals surface area (Å²) in [6.07, 6.45) is 1.69. The van der Waals surface area contributed by atoms with Crippen LogP contribution in [0.5, 0.6) is 0 Å². The van der Waals surface area contributed by atoms with E-state index in [2.05, 4.69) is 11.1 Å². The average molecular weight is 332 g/mol. The van der Waals surface area contributed by atoms with E-state index in [1.54, 1.807) is 42.6 Å². The van der Waals surface area contributed by atoms with Crippen LogP contribution in [0.1, 0.15) is 28.2 Å². The molecule has 3 aromatic rings. The predicted octanol–water partition coefficient (Wildman–Crippen LogP) is 3.05. The first kappa shape index (κ1) is 15.1. The van der Waals surface area contributed by atoms with E-state index in [-0.39, 0.29) is 17.8 Å². The quantitative estimate of drug-likeness (QED) is 0.508. The molecule has 0 unspecified atom stereocenters. The van der Waals surface area contributed by atoms with Gasteiger partial charge in [0.05, 0.1) is 28.4 Å². The highest BCUT2D eigenvalue weighted by Gasteiger charge is 2.29. The van der Waals surface area contributed by atoms with Crippen molar-refractivity contribution < 1.29 is 9.13 Å². The summed E-state index contributed by atoms with van der Waals surface area (Å²) in [5, 5.41) is 22.1. The largest absolute Gasteiger partial charge is 0.623 e.